The van der Waals surface area contributed by atoms with Crippen LogP contribution in [0.3, 0.4) is 0 Å². The van der Waals surface area contributed by atoms with Gasteiger partial charge in [-0.2, -0.15) is 8.42 Å². The molecule has 8 heteroatoms. The third kappa shape index (κ3) is 3.49. The molecule has 3 aromatic carbocycles. The van der Waals surface area contributed by atoms with Crippen molar-refractivity contribution in [3.8, 4) is 11.1 Å². The van der Waals surface area contributed by atoms with Gasteiger partial charge in [-0.25, -0.2) is 0 Å². The fraction of sp³-hybridized carbons (Fsp3) is 0.286. The first-order chi connectivity index (χ1) is 17.1. The lowest BCUT2D eigenvalue weighted by Crippen LogP contribution is -2.59. The molecule has 0 spiro atoms. The number of hydrogen-bond acceptors (Lipinski definition) is 5. The average Bonchev–Trinajstić information content (AvgIpc) is 3.30. The highest BCUT2D eigenvalue weighted by atomic mass is 35.5. The van der Waals surface area contributed by atoms with Crippen LogP contribution >= 0.6 is 11.6 Å². The molecule has 3 aromatic rings. The molecule has 2 aliphatic carbocycles. The summed E-state index contributed by atoms with van der Waals surface area (Å²) in [7, 11) is -5.09. The summed E-state index contributed by atoms with van der Waals surface area (Å²) in [6, 6.07) is 18.9. The van der Waals surface area contributed by atoms with E-state index in [1.165, 1.54) is 43.9 Å². The third-order valence-electron chi connectivity index (χ3n) is 7.16. The summed E-state index contributed by atoms with van der Waals surface area (Å²) in [5, 5.41) is 0. The molecule has 0 atom stereocenters. The van der Waals surface area contributed by atoms with Crippen molar-refractivity contribution < 1.29 is 22.6 Å². The molecule has 188 valence electrons. The second-order valence-electron chi connectivity index (χ2n) is 8.73. The Balaban J connectivity index is 0.000000384. The Bertz CT molecular complexity index is 1360. The van der Waals surface area contributed by atoms with E-state index in [4.69, 9.17) is 11.6 Å². The first-order valence-corrected chi connectivity index (χ1v) is 13.7. The van der Waals surface area contributed by atoms with E-state index >= 15 is 0 Å². The Labute approximate surface area is 216 Å². The molecule has 1 N–H and O–H groups in total. The average molecular weight is 526 g/mol. The van der Waals surface area contributed by atoms with Gasteiger partial charge < -0.3 is 4.90 Å². The van der Waals surface area contributed by atoms with Gasteiger partial charge in [0.2, 0.25) is 0 Å². The number of nitrogens with zero attached hydrogens (tertiary/aromatic N) is 1. The highest BCUT2D eigenvalue weighted by molar-refractivity contribution is 7.87. The highest BCUT2D eigenvalue weighted by Gasteiger charge is 2.74. The first-order valence-electron chi connectivity index (χ1n) is 11.9. The number of ketones is 2. The van der Waals surface area contributed by atoms with Gasteiger partial charge in [0.1, 0.15) is 0 Å². The molecule has 0 fully saturated rings. The van der Waals surface area contributed by atoms with E-state index in [-0.39, 0.29) is 22.3 Å². The van der Waals surface area contributed by atoms with Crippen molar-refractivity contribution in [2.45, 2.75) is 30.4 Å². The first kappa shape index (κ1) is 26.2. The molecular weight excluding hydrogens is 498 g/mol. The normalized spacial score (nSPS) is 16.7. The summed E-state index contributed by atoms with van der Waals surface area (Å²) in [5.74, 6) is -1.69. The standard InChI is InChI=1S/C22H13ClO5S.C6H15N/c23-21(19(24)15-9-1-2-10-16(15)20(21)25)22(29(26,27)28)17-11-5-3-7-13(17)14-8-4-6-12-18(14)22;1-4-7(5-2)6-3/h1-12H,(H,26,27,28);4-6H2,1-3H3. The number of benzene rings is 3. The lowest BCUT2D eigenvalue weighted by Gasteiger charge is -2.38. The number of carbonyl (C=O) groups is 2. The van der Waals surface area contributed by atoms with Crippen molar-refractivity contribution in [3.63, 3.8) is 0 Å². The maximum atomic E-state index is 13.5. The molecule has 0 heterocycles. The van der Waals surface area contributed by atoms with Crippen LogP contribution < -0.4 is 0 Å². The number of alkyl halides is 1. The number of Topliss-reactive ketones (excluding diaryl/α,β-unsaturated/α-hetero) is 2. The third-order valence-corrected chi connectivity index (χ3v) is 9.42. The number of fused-ring (bicyclic) bond motifs is 4. The predicted octanol–water partition coefficient (Wildman–Crippen LogP) is 5.20. The molecule has 0 bridgehead atoms. The lowest BCUT2D eigenvalue weighted by molar-refractivity contribution is 0.0834. The van der Waals surface area contributed by atoms with Crippen LogP contribution in [-0.4, -0.2) is 53.9 Å². The smallest absolute Gasteiger partial charge is 0.282 e. The largest absolute Gasteiger partial charge is 0.304 e. The highest BCUT2D eigenvalue weighted by Crippen LogP contribution is 2.61. The Morgan fingerprint density at radius 2 is 1.03 bits per heavy atom. The van der Waals surface area contributed by atoms with Crippen LogP contribution in [0, 0.1) is 0 Å². The fourth-order valence-electron chi connectivity index (χ4n) is 5.37. The van der Waals surface area contributed by atoms with Crippen molar-refractivity contribution >= 4 is 33.3 Å². The van der Waals surface area contributed by atoms with Crippen molar-refractivity contribution in [2.75, 3.05) is 19.6 Å². The molecule has 0 radical (unpaired) electrons. The summed E-state index contributed by atoms with van der Waals surface area (Å²) in [6.07, 6.45) is 0. The Kier molecular flexibility index (Phi) is 6.96. The molecule has 0 aromatic heterocycles. The second kappa shape index (κ2) is 9.56. The molecule has 0 aliphatic heterocycles. The molecule has 36 heavy (non-hydrogen) atoms. The zero-order valence-electron chi connectivity index (χ0n) is 20.4. The summed E-state index contributed by atoms with van der Waals surface area (Å²) in [4.78, 5) is 26.7. The van der Waals surface area contributed by atoms with Crippen molar-refractivity contribution in [1.82, 2.24) is 4.90 Å². The molecular formula is C28H28ClNO5S. The lowest BCUT2D eigenvalue weighted by atomic mass is 9.79. The van der Waals surface area contributed by atoms with Gasteiger partial charge in [-0.3, -0.25) is 14.1 Å². The van der Waals surface area contributed by atoms with Crippen molar-refractivity contribution in [2.24, 2.45) is 0 Å². The zero-order chi connectivity index (χ0) is 26.3. The summed E-state index contributed by atoms with van der Waals surface area (Å²) in [5.41, 5.74) is 1.28. The van der Waals surface area contributed by atoms with E-state index in [1.54, 1.807) is 48.5 Å². The van der Waals surface area contributed by atoms with Gasteiger partial charge in [-0.05, 0) is 41.9 Å². The van der Waals surface area contributed by atoms with Crippen LogP contribution in [0.1, 0.15) is 52.6 Å². The van der Waals surface area contributed by atoms with E-state index in [9.17, 15) is 22.6 Å². The SMILES string of the molecule is CCN(CC)CC.O=C1c2ccccc2C(=O)C1(Cl)C1(S(=O)(=O)O)c2ccccc2-c2ccccc21. The topological polar surface area (TPSA) is 91.8 Å². The number of carbonyl (C=O) groups excluding carboxylic acids is 2. The Hall–Kier alpha value is -2.84. The van der Waals surface area contributed by atoms with Crippen LogP contribution in [0.15, 0.2) is 72.8 Å². The van der Waals surface area contributed by atoms with Gasteiger partial charge in [-0.15, -0.1) is 0 Å². The summed E-state index contributed by atoms with van der Waals surface area (Å²) < 4.78 is 34.3. The van der Waals surface area contributed by atoms with Crippen molar-refractivity contribution in [3.05, 3.63) is 95.1 Å². The zero-order valence-corrected chi connectivity index (χ0v) is 21.9. The molecule has 2 aliphatic rings. The van der Waals surface area contributed by atoms with Gasteiger partial charge in [0.05, 0.1) is 0 Å². The number of hydrogen-bond donors (Lipinski definition) is 1. The van der Waals surface area contributed by atoms with E-state index in [1.807, 2.05) is 0 Å². The molecule has 6 nitrogen and oxygen atoms in total. The predicted molar refractivity (Wildman–Crippen MR) is 141 cm³/mol. The van der Waals surface area contributed by atoms with Crippen LogP contribution in [0.5, 0.6) is 0 Å². The maximum Gasteiger partial charge on any atom is 0.282 e. The van der Waals surface area contributed by atoms with Gasteiger partial charge in [0, 0.05) is 11.1 Å². The summed E-state index contributed by atoms with van der Waals surface area (Å²) in [6.45, 7) is 10.1. The Morgan fingerprint density at radius 3 is 1.33 bits per heavy atom. The molecule has 5 rings (SSSR count). The number of halogens is 1. The van der Waals surface area contributed by atoms with Gasteiger partial charge in [0.25, 0.3) is 10.1 Å². The minimum atomic E-state index is -5.09. The Morgan fingerprint density at radius 1 is 0.694 bits per heavy atom. The maximum absolute atomic E-state index is 13.5. The van der Waals surface area contributed by atoms with E-state index in [0.29, 0.717) is 11.1 Å². The summed E-state index contributed by atoms with van der Waals surface area (Å²) >= 11 is 6.80. The van der Waals surface area contributed by atoms with Gasteiger partial charge in [0.15, 0.2) is 21.2 Å². The number of rotatable bonds is 5. The van der Waals surface area contributed by atoms with E-state index in [2.05, 4.69) is 25.7 Å². The monoisotopic (exact) mass is 525 g/mol. The van der Waals surface area contributed by atoms with E-state index in [0.717, 1.165) is 0 Å². The minimum Gasteiger partial charge on any atom is -0.304 e. The van der Waals surface area contributed by atoms with E-state index < -0.39 is 31.3 Å². The van der Waals surface area contributed by atoms with Gasteiger partial charge in [-0.1, -0.05) is 105 Å². The second-order valence-corrected chi connectivity index (χ2v) is 10.9. The molecule has 0 amide bonds. The molecule has 0 saturated heterocycles. The van der Waals surface area contributed by atoms with Crippen LogP contribution in [0.4, 0.5) is 0 Å². The van der Waals surface area contributed by atoms with Gasteiger partial charge >= 0.3 is 0 Å². The fourth-order valence-corrected chi connectivity index (χ4v) is 7.52. The van der Waals surface area contributed by atoms with Crippen LogP contribution in [0.25, 0.3) is 11.1 Å². The molecule has 0 unspecified atom stereocenters. The minimum absolute atomic E-state index is 0.0392. The van der Waals surface area contributed by atoms with Crippen molar-refractivity contribution in [1.29, 1.82) is 0 Å². The van der Waals surface area contributed by atoms with Crippen LogP contribution in [0.2, 0.25) is 0 Å². The quantitative estimate of drug-likeness (QED) is 0.279. The van der Waals surface area contributed by atoms with Crippen LogP contribution in [-0.2, 0) is 14.9 Å². The molecule has 0 saturated carbocycles.